The highest BCUT2D eigenvalue weighted by Crippen LogP contribution is 2.35. The van der Waals surface area contributed by atoms with Gasteiger partial charge in [-0.15, -0.1) is 0 Å². The molecule has 1 aliphatic rings. The highest BCUT2D eigenvalue weighted by Gasteiger charge is 2.31. The zero-order valence-corrected chi connectivity index (χ0v) is 14.7. The summed E-state index contributed by atoms with van der Waals surface area (Å²) >= 11 is 0. The molecule has 4 rings (SSSR count). The summed E-state index contributed by atoms with van der Waals surface area (Å²) in [6, 6.07) is 9.94. The molecule has 5 heteroatoms. The molecular formula is C20H21N3O2. The van der Waals surface area contributed by atoms with Crippen molar-refractivity contribution in [1.82, 2.24) is 14.9 Å². The number of amides is 2. The Hall–Kier alpha value is -2.69. The molecule has 0 bridgehead atoms. The van der Waals surface area contributed by atoms with E-state index in [0.717, 1.165) is 21.9 Å². The number of fused-ring (bicyclic) bond motifs is 3. The molecule has 1 aromatic carbocycles. The van der Waals surface area contributed by atoms with Gasteiger partial charge in [0.2, 0.25) is 11.8 Å². The third-order valence-corrected chi connectivity index (χ3v) is 4.95. The minimum absolute atomic E-state index is 0.00763. The van der Waals surface area contributed by atoms with Crippen LogP contribution < -0.4 is 5.32 Å². The fraction of sp³-hybridized carbons (Fsp3) is 0.350. The molecule has 128 valence electrons. The first-order chi connectivity index (χ1) is 11.9. The van der Waals surface area contributed by atoms with Crippen LogP contribution in [0.3, 0.4) is 0 Å². The Labute approximate surface area is 146 Å². The van der Waals surface area contributed by atoms with Gasteiger partial charge in [0.1, 0.15) is 11.7 Å². The Morgan fingerprint density at radius 2 is 1.96 bits per heavy atom. The zero-order valence-electron chi connectivity index (χ0n) is 14.7. The third-order valence-electron chi connectivity index (χ3n) is 4.95. The Morgan fingerprint density at radius 1 is 1.16 bits per heavy atom. The van der Waals surface area contributed by atoms with Gasteiger partial charge in [-0.05, 0) is 35.6 Å². The van der Waals surface area contributed by atoms with Crippen LogP contribution in [0.4, 0.5) is 0 Å². The summed E-state index contributed by atoms with van der Waals surface area (Å²) in [4.78, 5) is 28.6. The van der Waals surface area contributed by atoms with Crippen molar-refractivity contribution in [2.75, 3.05) is 0 Å². The maximum absolute atomic E-state index is 12.5. The third kappa shape index (κ3) is 2.51. The Bertz CT molecular complexity index is 1010. The molecule has 1 saturated heterocycles. The number of piperidine rings is 1. The van der Waals surface area contributed by atoms with E-state index < -0.39 is 6.04 Å². The number of hydrogen-bond donors (Lipinski definition) is 1. The predicted molar refractivity (Wildman–Crippen MR) is 97.4 cm³/mol. The van der Waals surface area contributed by atoms with Gasteiger partial charge in [0, 0.05) is 23.4 Å². The Kier molecular flexibility index (Phi) is 3.42. The van der Waals surface area contributed by atoms with Crippen LogP contribution >= 0.6 is 0 Å². The molecule has 1 fully saturated rings. The summed E-state index contributed by atoms with van der Waals surface area (Å²) in [6.07, 6.45) is 2.59. The van der Waals surface area contributed by atoms with Gasteiger partial charge in [0.05, 0.1) is 5.52 Å². The largest absolute Gasteiger partial charge is 0.313 e. The van der Waals surface area contributed by atoms with Crippen LogP contribution in [0.2, 0.25) is 0 Å². The highest BCUT2D eigenvalue weighted by atomic mass is 16.2. The molecule has 1 N–H and O–H groups in total. The van der Waals surface area contributed by atoms with Gasteiger partial charge >= 0.3 is 0 Å². The first kappa shape index (κ1) is 15.8. The van der Waals surface area contributed by atoms with Crippen LogP contribution in [0.1, 0.15) is 45.2 Å². The minimum atomic E-state index is -0.414. The Balaban J connectivity index is 2.02. The predicted octanol–water partition coefficient (Wildman–Crippen LogP) is 3.46. The lowest BCUT2D eigenvalue weighted by atomic mass is 9.86. The standard InChI is InChI=1S/C20H21N3O2/c1-20(2,3)12-6-7-13-14-5-4-10-21-18(14)23(16(13)11-12)15-8-9-17(24)22-19(15)25/h4-7,10-11,15H,8-9H2,1-3H3,(H,22,24,25). The second-order valence-electron chi connectivity index (χ2n) is 7.69. The monoisotopic (exact) mass is 335 g/mol. The van der Waals surface area contributed by atoms with Crippen molar-refractivity contribution in [3.05, 3.63) is 42.1 Å². The van der Waals surface area contributed by atoms with E-state index in [2.05, 4.69) is 49.3 Å². The van der Waals surface area contributed by atoms with Crippen LogP contribution in [0.25, 0.3) is 21.9 Å². The molecule has 1 aliphatic heterocycles. The molecular weight excluding hydrogens is 314 g/mol. The number of aromatic nitrogens is 2. The second kappa shape index (κ2) is 5.41. The van der Waals surface area contributed by atoms with Gasteiger partial charge in [0.25, 0.3) is 0 Å². The van der Waals surface area contributed by atoms with Gasteiger partial charge < -0.3 is 4.57 Å². The fourth-order valence-corrected chi connectivity index (χ4v) is 3.58. The number of imide groups is 1. The number of pyridine rings is 1. The molecule has 0 spiro atoms. The van der Waals surface area contributed by atoms with E-state index in [-0.39, 0.29) is 17.2 Å². The number of hydrogen-bond acceptors (Lipinski definition) is 3. The van der Waals surface area contributed by atoms with Crippen molar-refractivity contribution in [2.45, 2.75) is 45.1 Å². The summed E-state index contributed by atoms with van der Waals surface area (Å²) < 4.78 is 2.00. The maximum atomic E-state index is 12.5. The van der Waals surface area contributed by atoms with Crippen molar-refractivity contribution < 1.29 is 9.59 Å². The highest BCUT2D eigenvalue weighted by molar-refractivity contribution is 6.09. The van der Waals surface area contributed by atoms with Crippen LogP contribution in [-0.4, -0.2) is 21.4 Å². The molecule has 2 aromatic heterocycles. The molecule has 2 amide bonds. The normalized spacial score (nSPS) is 18.8. The summed E-state index contributed by atoms with van der Waals surface area (Å²) in [6.45, 7) is 6.52. The van der Waals surface area contributed by atoms with Crippen molar-refractivity contribution in [2.24, 2.45) is 0 Å². The van der Waals surface area contributed by atoms with Crippen LogP contribution in [0.5, 0.6) is 0 Å². The lowest BCUT2D eigenvalue weighted by Crippen LogP contribution is -2.41. The fourth-order valence-electron chi connectivity index (χ4n) is 3.58. The van der Waals surface area contributed by atoms with E-state index in [0.29, 0.717) is 12.8 Å². The number of carbonyl (C=O) groups is 2. The molecule has 3 aromatic rings. The molecule has 0 radical (unpaired) electrons. The molecule has 1 unspecified atom stereocenters. The molecule has 0 saturated carbocycles. The van der Waals surface area contributed by atoms with Crippen molar-refractivity contribution in [3.8, 4) is 0 Å². The molecule has 5 nitrogen and oxygen atoms in total. The van der Waals surface area contributed by atoms with Crippen LogP contribution in [0, 0.1) is 0 Å². The first-order valence-electron chi connectivity index (χ1n) is 8.59. The average molecular weight is 335 g/mol. The quantitative estimate of drug-likeness (QED) is 0.693. The number of benzene rings is 1. The first-order valence-corrected chi connectivity index (χ1v) is 8.59. The minimum Gasteiger partial charge on any atom is -0.313 e. The van der Waals surface area contributed by atoms with E-state index in [1.165, 1.54) is 5.56 Å². The molecule has 1 atom stereocenters. The number of carbonyl (C=O) groups excluding carboxylic acids is 2. The lowest BCUT2D eigenvalue weighted by Gasteiger charge is -2.24. The SMILES string of the molecule is CC(C)(C)c1ccc2c3cccnc3n(C3CCC(=O)NC3=O)c2c1. The smallest absolute Gasteiger partial charge is 0.249 e. The van der Waals surface area contributed by atoms with E-state index in [9.17, 15) is 9.59 Å². The topological polar surface area (TPSA) is 64.0 Å². The van der Waals surface area contributed by atoms with E-state index in [1.54, 1.807) is 6.20 Å². The number of rotatable bonds is 1. The van der Waals surface area contributed by atoms with Gasteiger partial charge in [-0.25, -0.2) is 4.98 Å². The summed E-state index contributed by atoms with van der Waals surface area (Å²) in [7, 11) is 0. The number of nitrogens with one attached hydrogen (secondary N) is 1. The number of nitrogens with zero attached hydrogens (tertiary/aromatic N) is 2. The van der Waals surface area contributed by atoms with Gasteiger partial charge in [0.15, 0.2) is 0 Å². The maximum Gasteiger partial charge on any atom is 0.249 e. The van der Waals surface area contributed by atoms with Crippen molar-refractivity contribution in [1.29, 1.82) is 0 Å². The molecule has 3 heterocycles. The van der Waals surface area contributed by atoms with Gasteiger partial charge in [-0.2, -0.15) is 0 Å². The average Bonchev–Trinajstić information content (AvgIpc) is 2.88. The van der Waals surface area contributed by atoms with Crippen molar-refractivity contribution in [3.63, 3.8) is 0 Å². The lowest BCUT2D eigenvalue weighted by molar-refractivity contribution is -0.135. The summed E-state index contributed by atoms with van der Waals surface area (Å²) in [5.41, 5.74) is 3.00. The van der Waals surface area contributed by atoms with Crippen LogP contribution in [-0.2, 0) is 15.0 Å². The van der Waals surface area contributed by atoms with Gasteiger partial charge in [-0.3, -0.25) is 14.9 Å². The molecule has 0 aliphatic carbocycles. The summed E-state index contributed by atoms with van der Waals surface area (Å²) in [5, 5.41) is 4.58. The van der Waals surface area contributed by atoms with E-state index >= 15 is 0 Å². The summed E-state index contributed by atoms with van der Waals surface area (Å²) in [5.74, 6) is -0.452. The Morgan fingerprint density at radius 3 is 2.68 bits per heavy atom. The molecule has 25 heavy (non-hydrogen) atoms. The zero-order chi connectivity index (χ0) is 17.8. The van der Waals surface area contributed by atoms with Crippen molar-refractivity contribution >= 4 is 33.8 Å². The van der Waals surface area contributed by atoms with E-state index in [1.807, 2.05) is 16.7 Å². The van der Waals surface area contributed by atoms with Gasteiger partial charge in [-0.1, -0.05) is 32.9 Å². The van der Waals surface area contributed by atoms with E-state index in [4.69, 9.17) is 0 Å². The second-order valence-corrected chi connectivity index (χ2v) is 7.69. The van der Waals surface area contributed by atoms with Crippen LogP contribution in [0.15, 0.2) is 36.5 Å².